The largest absolute Gasteiger partial charge is 0.456 e. The van der Waals surface area contributed by atoms with E-state index in [9.17, 15) is 0 Å². The Labute approximate surface area is 293 Å². The second-order valence-corrected chi connectivity index (χ2v) is 13.3. The molecule has 3 heterocycles. The van der Waals surface area contributed by atoms with Gasteiger partial charge in [0.05, 0.1) is 22.1 Å². The fraction of sp³-hybridized carbons (Fsp3) is 0. The summed E-state index contributed by atoms with van der Waals surface area (Å²) in [5.41, 5.74) is 13.6. The minimum absolute atomic E-state index is 0.881. The van der Waals surface area contributed by atoms with Gasteiger partial charge < -0.3 is 13.6 Å². The second kappa shape index (κ2) is 10.8. The van der Waals surface area contributed by atoms with Crippen LogP contribution < -0.4 is 0 Å². The van der Waals surface area contributed by atoms with Crippen LogP contribution in [0, 0.1) is 0 Å². The smallest absolute Gasteiger partial charge is 0.135 e. The van der Waals surface area contributed by atoms with Crippen molar-refractivity contribution in [3.63, 3.8) is 0 Å². The lowest BCUT2D eigenvalue weighted by molar-refractivity contribution is 0.669. The Morgan fingerprint density at radius 3 is 1.57 bits per heavy atom. The van der Waals surface area contributed by atoms with Crippen molar-refractivity contribution in [2.45, 2.75) is 0 Å². The molecule has 0 saturated carbocycles. The maximum absolute atomic E-state index is 6.47. The van der Waals surface area contributed by atoms with Crippen LogP contribution >= 0.6 is 0 Å². The van der Waals surface area contributed by atoms with E-state index in [1.54, 1.807) is 0 Å². The Morgan fingerprint density at radius 1 is 0.314 bits per heavy atom. The van der Waals surface area contributed by atoms with Crippen LogP contribution in [0.25, 0.3) is 99.2 Å². The molecule has 0 aliphatic heterocycles. The van der Waals surface area contributed by atoms with Gasteiger partial charge in [0, 0.05) is 43.7 Å². The van der Waals surface area contributed by atoms with Crippen molar-refractivity contribution < 1.29 is 4.42 Å². The SMILES string of the molecule is c1ccc(-c2ccc3c(c2)c2ccccc2n3-c2ccc3oc4ccc(-n5c6ccccc6c6c(-c7ccccc7)cccc65)cc4c3c2)cc1. The average molecular weight is 651 g/mol. The van der Waals surface area contributed by atoms with E-state index in [0.29, 0.717) is 0 Å². The zero-order chi connectivity index (χ0) is 33.5. The first-order valence-corrected chi connectivity index (χ1v) is 17.4. The van der Waals surface area contributed by atoms with E-state index in [0.717, 1.165) is 33.3 Å². The highest BCUT2D eigenvalue weighted by molar-refractivity contribution is 6.16. The summed E-state index contributed by atoms with van der Waals surface area (Å²) in [7, 11) is 0. The van der Waals surface area contributed by atoms with Gasteiger partial charge in [-0.2, -0.15) is 0 Å². The van der Waals surface area contributed by atoms with E-state index in [2.05, 4.69) is 191 Å². The van der Waals surface area contributed by atoms with E-state index in [1.165, 1.54) is 65.9 Å². The number of para-hydroxylation sites is 2. The molecule has 8 aromatic carbocycles. The van der Waals surface area contributed by atoms with E-state index in [1.807, 2.05) is 0 Å². The zero-order valence-electron chi connectivity index (χ0n) is 27.6. The highest BCUT2D eigenvalue weighted by atomic mass is 16.3. The highest BCUT2D eigenvalue weighted by Gasteiger charge is 2.19. The van der Waals surface area contributed by atoms with E-state index < -0.39 is 0 Å². The molecule has 3 aromatic heterocycles. The lowest BCUT2D eigenvalue weighted by Gasteiger charge is -2.10. The predicted octanol–water partition coefficient (Wildman–Crippen LogP) is 13.1. The normalized spacial score (nSPS) is 11.9. The molecule has 11 aromatic rings. The predicted molar refractivity (Wildman–Crippen MR) is 213 cm³/mol. The first-order chi connectivity index (χ1) is 25.3. The quantitative estimate of drug-likeness (QED) is 0.186. The molecule has 0 atom stereocenters. The van der Waals surface area contributed by atoms with Crippen molar-refractivity contribution >= 4 is 65.6 Å². The number of nitrogens with zero attached hydrogens (tertiary/aromatic N) is 2. The van der Waals surface area contributed by atoms with Crippen LogP contribution in [0.2, 0.25) is 0 Å². The molecule has 3 nitrogen and oxygen atoms in total. The first-order valence-electron chi connectivity index (χ1n) is 17.4. The molecular formula is C48H30N2O. The van der Waals surface area contributed by atoms with Gasteiger partial charge in [-0.05, 0) is 89.0 Å². The molecule has 51 heavy (non-hydrogen) atoms. The van der Waals surface area contributed by atoms with Crippen molar-refractivity contribution in [2.24, 2.45) is 0 Å². The van der Waals surface area contributed by atoms with Gasteiger partial charge in [0.15, 0.2) is 0 Å². The summed E-state index contributed by atoms with van der Waals surface area (Å²) in [6.45, 7) is 0. The highest BCUT2D eigenvalue weighted by Crippen LogP contribution is 2.41. The van der Waals surface area contributed by atoms with Crippen molar-refractivity contribution in [2.75, 3.05) is 0 Å². The minimum Gasteiger partial charge on any atom is -0.456 e. The summed E-state index contributed by atoms with van der Waals surface area (Å²) < 4.78 is 11.3. The monoisotopic (exact) mass is 650 g/mol. The summed E-state index contributed by atoms with van der Waals surface area (Å²) in [4.78, 5) is 0. The number of furan rings is 1. The standard InChI is InChI=1S/C48H30N2O/c1-3-12-31(13-4-1)33-22-25-44-39(28-33)37-16-7-9-19-42(37)49(44)34-23-26-46-40(29-34)41-30-35(24-27-47(41)51-46)50-43-20-10-8-17-38(43)48-36(18-11-21-45(48)50)32-14-5-2-6-15-32/h1-30H. The average Bonchev–Trinajstić information content (AvgIpc) is 3.85. The summed E-state index contributed by atoms with van der Waals surface area (Å²) in [6.07, 6.45) is 0. The van der Waals surface area contributed by atoms with E-state index in [-0.39, 0.29) is 0 Å². The van der Waals surface area contributed by atoms with Gasteiger partial charge in [-0.25, -0.2) is 0 Å². The summed E-state index contributed by atoms with van der Waals surface area (Å²) >= 11 is 0. The van der Waals surface area contributed by atoms with Crippen LogP contribution in [-0.2, 0) is 0 Å². The maximum atomic E-state index is 6.47. The number of rotatable bonds is 4. The molecule has 0 bridgehead atoms. The molecule has 0 aliphatic carbocycles. The number of benzene rings is 8. The van der Waals surface area contributed by atoms with Crippen LogP contribution in [-0.4, -0.2) is 9.13 Å². The lowest BCUT2D eigenvalue weighted by Crippen LogP contribution is -1.94. The summed E-state index contributed by atoms with van der Waals surface area (Å²) in [6, 6.07) is 65.4. The third-order valence-corrected chi connectivity index (χ3v) is 10.5. The van der Waals surface area contributed by atoms with Gasteiger partial charge in [0.1, 0.15) is 11.2 Å². The molecule has 0 amide bonds. The third kappa shape index (κ3) is 4.19. The van der Waals surface area contributed by atoms with Crippen molar-refractivity contribution in [1.82, 2.24) is 9.13 Å². The van der Waals surface area contributed by atoms with Crippen molar-refractivity contribution in [3.8, 4) is 33.6 Å². The van der Waals surface area contributed by atoms with Crippen LogP contribution in [0.3, 0.4) is 0 Å². The van der Waals surface area contributed by atoms with Crippen molar-refractivity contribution in [3.05, 3.63) is 182 Å². The van der Waals surface area contributed by atoms with Crippen LogP contribution in [0.15, 0.2) is 186 Å². The minimum atomic E-state index is 0.881. The molecule has 3 heteroatoms. The van der Waals surface area contributed by atoms with Gasteiger partial charge in [-0.3, -0.25) is 0 Å². The Balaban J connectivity index is 1.12. The molecule has 238 valence electrons. The molecule has 11 rings (SSSR count). The van der Waals surface area contributed by atoms with E-state index in [4.69, 9.17) is 4.42 Å². The number of aromatic nitrogens is 2. The summed E-state index contributed by atoms with van der Waals surface area (Å²) in [5.74, 6) is 0. The van der Waals surface area contributed by atoms with Crippen LogP contribution in [0.4, 0.5) is 0 Å². The van der Waals surface area contributed by atoms with Crippen molar-refractivity contribution in [1.29, 1.82) is 0 Å². The molecule has 0 radical (unpaired) electrons. The topological polar surface area (TPSA) is 23.0 Å². The number of fused-ring (bicyclic) bond motifs is 9. The van der Waals surface area contributed by atoms with Gasteiger partial charge in [0.2, 0.25) is 0 Å². The fourth-order valence-corrected chi connectivity index (χ4v) is 8.25. The molecule has 0 aliphatic rings. The Hall–Kier alpha value is -6.84. The maximum Gasteiger partial charge on any atom is 0.135 e. The third-order valence-electron chi connectivity index (χ3n) is 10.5. The number of hydrogen-bond acceptors (Lipinski definition) is 1. The summed E-state index contributed by atoms with van der Waals surface area (Å²) in [5, 5.41) is 7.19. The van der Waals surface area contributed by atoms with Gasteiger partial charge >= 0.3 is 0 Å². The second-order valence-electron chi connectivity index (χ2n) is 13.3. The van der Waals surface area contributed by atoms with Gasteiger partial charge in [0.25, 0.3) is 0 Å². The molecule has 0 unspecified atom stereocenters. The zero-order valence-corrected chi connectivity index (χ0v) is 27.6. The number of hydrogen-bond donors (Lipinski definition) is 0. The van der Waals surface area contributed by atoms with Crippen LogP contribution in [0.5, 0.6) is 0 Å². The molecular weight excluding hydrogens is 621 g/mol. The Kier molecular flexibility index (Phi) is 5.96. The molecule has 0 saturated heterocycles. The van der Waals surface area contributed by atoms with Crippen LogP contribution in [0.1, 0.15) is 0 Å². The fourth-order valence-electron chi connectivity index (χ4n) is 8.25. The molecule has 0 fully saturated rings. The lowest BCUT2D eigenvalue weighted by atomic mass is 9.99. The first kappa shape index (κ1) is 28.0. The molecule has 0 spiro atoms. The van der Waals surface area contributed by atoms with Gasteiger partial charge in [-0.1, -0.05) is 115 Å². The van der Waals surface area contributed by atoms with E-state index >= 15 is 0 Å². The Bertz CT molecular complexity index is 3130. The van der Waals surface area contributed by atoms with Gasteiger partial charge in [-0.15, -0.1) is 0 Å². The Morgan fingerprint density at radius 2 is 0.863 bits per heavy atom. The molecule has 0 N–H and O–H groups in total.